The molecule has 0 aromatic heterocycles. The first-order chi connectivity index (χ1) is 10.8. The quantitative estimate of drug-likeness (QED) is 0.658. The third kappa shape index (κ3) is 5.53. The molecule has 3 nitrogen and oxygen atoms in total. The molecule has 0 fully saturated rings. The standard InChI is InChI=1S/C19H21ClN2O/c1-19(2,3)16-8-4-15(5-9-16)13-21-22-18(23)12-14-6-10-17(20)11-7-14/h4-11,13H,12H2,1-3H3,(H,22,23)/b21-13-. The largest absolute Gasteiger partial charge is 0.273 e. The van der Waals surface area contributed by atoms with Crippen molar-refractivity contribution in [2.75, 3.05) is 0 Å². The van der Waals surface area contributed by atoms with E-state index in [-0.39, 0.29) is 17.7 Å². The van der Waals surface area contributed by atoms with E-state index in [9.17, 15) is 4.79 Å². The number of rotatable bonds is 4. The van der Waals surface area contributed by atoms with Crippen LogP contribution < -0.4 is 5.43 Å². The third-order valence-electron chi connectivity index (χ3n) is 3.46. The number of hydrogen-bond donors (Lipinski definition) is 1. The molecule has 0 spiro atoms. The van der Waals surface area contributed by atoms with E-state index in [1.807, 2.05) is 24.3 Å². The van der Waals surface area contributed by atoms with Crippen molar-refractivity contribution in [1.29, 1.82) is 0 Å². The summed E-state index contributed by atoms with van der Waals surface area (Å²) in [6.07, 6.45) is 1.92. The molecule has 2 aromatic carbocycles. The smallest absolute Gasteiger partial charge is 0.244 e. The van der Waals surface area contributed by atoms with Gasteiger partial charge >= 0.3 is 0 Å². The second kappa shape index (κ2) is 7.42. The second-order valence-corrected chi connectivity index (χ2v) is 6.90. The van der Waals surface area contributed by atoms with Gasteiger partial charge in [0.15, 0.2) is 0 Å². The lowest BCUT2D eigenvalue weighted by Crippen LogP contribution is -2.19. The van der Waals surface area contributed by atoms with E-state index in [2.05, 4.69) is 43.4 Å². The molecule has 120 valence electrons. The lowest BCUT2D eigenvalue weighted by atomic mass is 9.87. The highest BCUT2D eigenvalue weighted by Gasteiger charge is 2.12. The maximum atomic E-state index is 11.8. The number of hydrogen-bond acceptors (Lipinski definition) is 2. The van der Waals surface area contributed by atoms with Gasteiger partial charge in [-0.2, -0.15) is 5.10 Å². The summed E-state index contributed by atoms with van der Waals surface area (Å²) in [6, 6.07) is 15.3. The van der Waals surface area contributed by atoms with Gasteiger partial charge in [-0.1, -0.05) is 68.8 Å². The summed E-state index contributed by atoms with van der Waals surface area (Å²) >= 11 is 5.81. The van der Waals surface area contributed by atoms with Crippen LogP contribution in [0.15, 0.2) is 53.6 Å². The molecule has 0 aliphatic heterocycles. The van der Waals surface area contributed by atoms with Crippen molar-refractivity contribution in [3.63, 3.8) is 0 Å². The Hall–Kier alpha value is -2.13. The Bertz CT molecular complexity index is 683. The van der Waals surface area contributed by atoms with Crippen molar-refractivity contribution in [2.24, 2.45) is 5.10 Å². The number of carbonyl (C=O) groups is 1. The summed E-state index contributed by atoms with van der Waals surface area (Å²) in [5, 5.41) is 4.65. The molecule has 0 radical (unpaired) electrons. The maximum absolute atomic E-state index is 11.8. The average molecular weight is 329 g/mol. The fourth-order valence-corrected chi connectivity index (χ4v) is 2.20. The van der Waals surface area contributed by atoms with Crippen LogP contribution in [0.25, 0.3) is 0 Å². The van der Waals surface area contributed by atoms with Crippen LogP contribution in [0.4, 0.5) is 0 Å². The van der Waals surface area contributed by atoms with Gasteiger partial charge in [-0.15, -0.1) is 0 Å². The highest BCUT2D eigenvalue weighted by Crippen LogP contribution is 2.21. The zero-order chi connectivity index (χ0) is 16.9. The summed E-state index contributed by atoms with van der Waals surface area (Å²) in [7, 11) is 0. The minimum absolute atomic E-state index is 0.127. The highest BCUT2D eigenvalue weighted by atomic mass is 35.5. The lowest BCUT2D eigenvalue weighted by Gasteiger charge is -2.18. The molecule has 0 saturated carbocycles. The van der Waals surface area contributed by atoms with Crippen LogP contribution in [-0.2, 0) is 16.6 Å². The van der Waals surface area contributed by atoms with E-state index in [1.54, 1.807) is 18.3 Å². The zero-order valence-electron chi connectivity index (χ0n) is 13.6. The molecule has 0 bridgehead atoms. The number of benzene rings is 2. The Balaban J connectivity index is 1.88. The van der Waals surface area contributed by atoms with E-state index >= 15 is 0 Å². The second-order valence-electron chi connectivity index (χ2n) is 6.47. The Morgan fingerprint density at radius 3 is 2.26 bits per heavy atom. The number of carbonyl (C=O) groups excluding carboxylic acids is 1. The first-order valence-electron chi connectivity index (χ1n) is 7.51. The zero-order valence-corrected chi connectivity index (χ0v) is 14.4. The summed E-state index contributed by atoms with van der Waals surface area (Å²) in [5.74, 6) is -0.158. The fraction of sp³-hybridized carbons (Fsp3) is 0.263. The van der Waals surface area contributed by atoms with Gasteiger partial charge in [0.1, 0.15) is 0 Å². The van der Waals surface area contributed by atoms with Crippen molar-refractivity contribution in [3.05, 3.63) is 70.2 Å². The number of halogens is 1. The molecule has 1 amide bonds. The van der Waals surface area contributed by atoms with Crippen LogP contribution >= 0.6 is 11.6 Å². The lowest BCUT2D eigenvalue weighted by molar-refractivity contribution is -0.120. The third-order valence-corrected chi connectivity index (χ3v) is 3.71. The molecule has 0 atom stereocenters. The number of nitrogens with one attached hydrogen (secondary N) is 1. The van der Waals surface area contributed by atoms with E-state index < -0.39 is 0 Å². The van der Waals surface area contributed by atoms with Crippen LogP contribution in [0, 0.1) is 0 Å². The average Bonchev–Trinajstić information content (AvgIpc) is 2.49. The Morgan fingerprint density at radius 1 is 1.09 bits per heavy atom. The molecule has 23 heavy (non-hydrogen) atoms. The predicted molar refractivity (Wildman–Crippen MR) is 96.0 cm³/mol. The van der Waals surface area contributed by atoms with Gasteiger partial charge in [0, 0.05) is 5.02 Å². The number of nitrogens with zero attached hydrogens (tertiary/aromatic N) is 1. The molecule has 2 rings (SSSR count). The van der Waals surface area contributed by atoms with Gasteiger partial charge in [-0.25, -0.2) is 5.43 Å². The van der Waals surface area contributed by atoms with Gasteiger partial charge in [-0.3, -0.25) is 4.79 Å². The first kappa shape index (κ1) is 17.2. The molecule has 1 N–H and O–H groups in total. The topological polar surface area (TPSA) is 41.5 Å². The van der Waals surface area contributed by atoms with Gasteiger partial charge in [0.2, 0.25) is 5.91 Å². The first-order valence-corrected chi connectivity index (χ1v) is 7.89. The Kier molecular flexibility index (Phi) is 5.56. The van der Waals surface area contributed by atoms with Crippen molar-refractivity contribution in [2.45, 2.75) is 32.6 Å². The van der Waals surface area contributed by atoms with Gasteiger partial charge in [0.05, 0.1) is 12.6 Å². The SMILES string of the molecule is CC(C)(C)c1ccc(/C=N\NC(=O)Cc2ccc(Cl)cc2)cc1. The number of amides is 1. The fourth-order valence-electron chi connectivity index (χ4n) is 2.08. The highest BCUT2D eigenvalue weighted by molar-refractivity contribution is 6.30. The molecule has 0 unspecified atom stereocenters. The van der Waals surface area contributed by atoms with Crippen LogP contribution in [0.2, 0.25) is 5.02 Å². The van der Waals surface area contributed by atoms with Crippen LogP contribution in [-0.4, -0.2) is 12.1 Å². The summed E-state index contributed by atoms with van der Waals surface area (Å²) in [4.78, 5) is 11.8. The van der Waals surface area contributed by atoms with Gasteiger partial charge < -0.3 is 0 Å². The number of hydrazone groups is 1. The normalized spacial score (nSPS) is 11.7. The summed E-state index contributed by atoms with van der Waals surface area (Å²) in [5.41, 5.74) is 5.78. The monoisotopic (exact) mass is 328 g/mol. The minimum Gasteiger partial charge on any atom is -0.273 e. The molecule has 0 aliphatic rings. The van der Waals surface area contributed by atoms with Crippen molar-refractivity contribution in [1.82, 2.24) is 5.43 Å². The Morgan fingerprint density at radius 2 is 1.70 bits per heavy atom. The molecule has 0 saturated heterocycles. The van der Waals surface area contributed by atoms with Gasteiger partial charge in [-0.05, 0) is 34.2 Å². The van der Waals surface area contributed by atoms with Crippen molar-refractivity contribution < 1.29 is 4.79 Å². The van der Waals surface area contributed by atoms with E-state index in [0.29, 0.717) is 5.02 Å². The summed E-state index contributed by atoms with van der Waals surface area (Å²) in [6.45, 7) is 6.52. The molecular formula is C19H21ClN2O. The van der Waals surface area contributed by atoms with Crippen LogP contribution in [0.3, 0.4) is 0 Å². The molecule has 0 aliphatic carbocycles. The van der Waals surface area contributed by atoms with Crippen LogP contribution in [0.5, 0.6) is 0 Å². The van der Waals surface area contributed by atoms with Crippen molar-refractivity contribution >= 4 is 23.7 Å². The molecular weight excluding hydrogens is 308 g/mol. The minimum atomic E-state index is -0.158. The van der Waals surface area contributed by atoms with E-state index in [0.717, 1.165) is 11.1 Å². The molecule has 2 aromatic rings. The Labute approximate surface area is 142 Å². The summed E-state index contributed by atoms with van der Waals surface area (Å²) < 4.78 is 0. The van der Waals surface area contributed by atoms with Crippen molar-refractivity contribution in [3.8, 4) is 0 Å². The van der Waals surface area contributed by atoms with E-state index in [4.69, 9.17) is 11.6 Å². The maximum Gasteiger partial charge on any atom is 0.244 e. The van der Waals surface area contributed by atoms with Gasteiger partial charge in [0.25, 0.3) is 0 Å². The predicted octanol–water partition coefficient (Wildman–Crippen LogP) is 4.33. The van der Waals surface area contributed by atoms with Crippen LogP contribution in [0.1, 0.15) is 37.5 Å². The molecule has 4 heteroatoms. The van der Waals surface area contributed by atoms with E-state index in [1.165, 1.54) is 5.56 Å². The molecule has 0 heterocycles.